The number of halogens is 1. The first kappa shape index (κ1) is 19.7. The van der Waals surface area contributed by atoms with E-state index in [0.717, 1.165) is 55.8 Å². The molecule has 3 fully saturated rings. The van der Waals surface area contributed by atoms with Gasteiger partial charge < -0.3 is 20.1 Å². The number of carbonyl (C=O) groups excluding carboxylic acids is 1. The Hall–Kier alpha value is -1.30. The van der Waals surface area contributed by atoms with Crippen LogP contribution in [0.5, 0.6) is 5.75 Å². The Bertz CT molecular complexity index is 781. The van der Waals surface area contributed by atoms with Crippen LogP contribution in [0.25, 0.3) is 0 Å². The van der Waals surface area contributed by atoms with Gasteiger partial charge in [-0.15, -0.1) is 0 Å². The second-order valence-electron chi connectivity index (χ2n) is 9.31. The zero-order valence-corrected chi connectivity index (χ0v) is 17.8. The highest BCUT2D eigenvalue weighted by molar-refractivity contribution is 6.33. The van der Waals surface area contributed by atoms with E-state index in [1.54, 1.807) is 6.07 Å². The number of piperidine rings is 1. The standard InChI is InChI=1S/C23H31ClN2O3/c24-20-10-17(23-16(22(20)25)2-1-7-29-23)21(27)4-3-15-18-12-26(13-19(15)18)11-14-5-8-28-9-6-14/h10,14-15,18-19H,1-9,11-13,25H2. The third-order valence-corrected chi connectivity index (χ3v) is 7.81. The summed E-state index contributed by atoms with van der Waals surface area (Å²) in [5.74, 6) is 3.94. The number of nitrogens with zero attached hydrogens (tertiary/aromatic N) is 1. The molecule has 158 valence electrons. The Morgan fingerprint density at radius 1 is 1.21 bits per heavy atom. The van der Waals surface area contributed by atoms with Crippen LogP contribution < -0.4 is 10.5 Å². The molecule has 5 nitrogen and oxygen atoms in total. The number of fused-ring (bicyclic) bond motifs is 2. The van der Waals surface area contributed by atoms with Crippen molar-refractivity contribution in [1.29, 1.82) is 0 Å². The zero-order valence-electron chi connectivity index (χ0n) is 17.0. The van der Waals surface area contributed by atoms with Crippen molar-refractivity contribution in [2.24, 2.45) is 23.7 Å². The first-order valence-electron chi connectivity index (χ1n) is 11.2. The predicted octanol–water partition coefficient (Wildman–Crippen LogP) is 3.81. The van der Waals surface area contributed by atoms with Gasteiger partial charge in [-0.2, -0.15) is 0 Å². The van der Waals surface area contributed by atoms with E-state index in [0.29, 0.717) is 41.0 Å². The second kappa shape index (κ2) is 8.09. The number of ether oxygens (including phenoxy) is 2. The molecule has 1 aliphatic carbocycles. The number of ketones is 1. The van der Waals surface area contributed by atoms with E-state index < -0.39 is 0 Å². The molecule has 2 unspecified atom stereocenters. The third-order valence-electron chi connectivity index (χ3n) is 7.50. The SMILES string of the molecule is Nc1c(Cl)cc(C(=O)CCC2C3CN(CC4CCOCC4)CC23)c2c1CCCO2. The number of benzene rings is 1. The van der Waals surface area contributed by atoms with Gasteiger partial charge in [-0.05, 0) is 61.8 Å². The van der Waals surface area contributed by atoms with Crippen molar-refractivity contribution in [3.63, 3.8) is 0 Å². The summed E-state index contributed by atoms with van der Waals surface area (Å²) in [6.45, 7) is 6.16. The Balaban J connectivity index is 1.14. The van der Waals surface area contributed by atoms with E-state index in [1.165, 1.54) is 32.5 Å². The van der Waals surface area contributed by atoms with Crippen LogP contribution in [0.3, 0.4) is 0 Å². The normalized spacial score (nSPS) is 29.2. The molecule has 3 heterocycles. The number of hydrogen-bond acceptors (Lipinski definition) is 5. The lowest BCUT2D eigenvalue weighted by atomic mass is 9.95. The number of nitrogens with two attached hydrogens (primary N) is 1. The molecule has 0 spiro atoms. The lowest BCUT2D eigenvalue weighted by Crippen LogP contribution is -2.33. The summed E-state index contributed by atoms with van der Waals surface area (Å²) in [5, 5.41) is 0.477. The molecule has 0 amide bonds. The summed E-state index contributed by atoms with van der Waals surface area (Å²) >= 11 is 6.30. The molecule has 5 rings (SSSR count). The van der Waals surface area contributed by atoms with Crippen LogP contribution in [0.4, 0.5) is 5.69 Å². The number of rotatable bonds is 6. The first-order valence-corrected chi connectivity index (χ1v) is 11.6. The van der Waals surface area contributed by atoms with Gasteiger partial charge in [-0.1, -0.05) is 11.6 Å². The van der Waals surface area contributed by atoms with Gasteiger partial charge in [0, 0.05) is 44.8 Å². The summed E-state index contributed by atoms with van der Waals surface area (Å²) in [5.41, 5.74) is 8.23. The van der Waals surface area contributed by atoms with Crippen LogP contribution in [0.2, 0.25) is 5.02 Å². The number of hydrogen-bond donors (Lipinski definition) is 1. The largest absolute Gasteiger partial charge is 0.492 e. The van der Waals surface area contributed by atoms with Crippen LogP contribution in [0, 0.1) is 23.7 Å². The number of carbonyl (C=O) groups is 1. The minimum atomic E-state index is 0.147. The Kier molecular flexibility index (Phi) is 5.48. The lowest BCUT2D eigenvalue weighted by molar-refractivity contribution is 0.0535. The fourth-order valence-corrected chi connectivity index (χ4v) is 6.01. The van der Waals surface area contributed by atoms with Gasteiger partial charge in [-0.25, -0.2) is 0 Å². The van der Waals surface area contributed by atoms with Crippen LogP contribution >= 0.6 is 11.6 Å². The molecule has 1 saturated carbocycles. The van der Waals surface area contributed by atoms with Crippen molar-refractivity contribution in [1.82, 2.24) is 4.90 Å². The molecule has 3 aliphatic heterocycles. The third kappa shape index (κ3) is 3.89. The highest BCUT2D eigenvalue weighted by atomic mass is 35.5. The van der Waals surface area contributed by atoms with Gasteiger partial charge in [0.05, 0.1) is 22.9 Å². The Labute approximate surface area is 177 Å². The Morgan fingerprint density at radius 2 is 1.97 bits per heavy atom. The predicted molar refractivity (Wildman–Crippen MR) is 114 cm³/mol. The molecule has 0 radical (unpaired) electrons. The molecular formula is C23H31ClN2O3. The molecule has 1 aromatic carbocycles. The van der Waals surface area contributed by atoms with Crippen molar-refractivity contribution >= 4 is 23.1 Å². The summed E-state index contributed by atoms with van der Waals surface area (Å²) in [4.78, 5) is 15.6. The molecular weight excluding hydrogens is 388 g/mol. The van der Waals surface area contributed by atoms with Gasteiger partial charge in [0.15, 0.2) is 5.78 Å². The molecule has 6 heteroatoms. The van der Waals surface area contributed by atoms with Gasteiger partial charge in [0.1, 0.15) is 5.75 Å². The van der Waals surface area contributed by atoms with E-state index >= 15 is 0 Å². The summed E-state index contributed by atoms with van der Waals surface area (Å²) in [6, 6.07) is 1.72. The van der Waals surface area contributed by atoms with Crippen molar-refractivity contribution in [2.45, 2.75) is 38.5 Å². The number of nitrogen functional groups attached to an aromatic ring is 1. The monoisotopic (exact) mass is 418 g/mol. The van der Waals surface area contributed by atoms with E-state index in [2.05, 4.69) is 4.90 Å². The van der Waals surface area contributed by atoms with Crippen molar-refractivity contribution < 1.29 is 14.3 Å². The molecule has 1 aromatic rings. The van der Waals surface area contributed by atoms with E-state index in [9.17, 15) is 4.79 Å². The number of likely N-dealkylation sites (tertiary alicyclic amines) is 1. The summed E-state index contributed by atoms with van der Waals surface area (Å²) in [6.07, 6.45) is 5.73. The first-order chi connectivity index (χ1) is 14.1. The quantitative estimate of drug-likeness (QED) is 0.562. The van der Waals surface area contributed by atoms with Crippen LogP contribution in [-0.4, -0.2) is 50.1 Å². The summed E-state index contributed by atoms with van der Waals surface area (Å²) < 4.78 is 11.3. The van der Waals surface area contributed by atoms with E-state index in [-0.39, 0.29) is 5.78 Å². The van der Waals surface area contributed by atoms with Gasteiger partial charge >= 0.3 is 0 Å². The lowest BCUT2D eigenvalue weighted by Gasteiger charge is -2.28. The van der Waals surface area contributed by atoms with Crippen molar-refractivity contribution in [3.05, 3.63) is 22.2 Å². The van der Waals surface area contributed by atoms with E-state index in [4.69, 9.17) is 26.8 Å². The summed E-state index contributed by atoms with van der Waals surface area (Å²) in [7, 11) is 0. The van der Waals surface area contributed by atoms with Crippen LogP contribution in [0.1, 0.15) is 48.0 Å². The molecule has 0 bridgehead atoms. The average Bonchev–Trinajstić information content (AvgIpc) is 3.20. The minimum absolute atomic E-state index is 0.147. The van der Waals surface area contributed by atoms with Crippen LogP contribution in [0.15, 0.2) is 6.07 Å². The molecule has 29 heavy (non-hydrogen) atoms. The van der Waals surface area contributed by atoms with Crippen molar-refractivity contribution in [3.8, 4) is 5.75 Å². The van der Waals surface area contributed by atoms with Crippen LogP contribution in [-0.2, 0) is 11.2 Å². The molecule has 2 atom stereocenters. The maximum absolute atomic E-state index is 13.0. The van der Waals surface area contributed by atoms with Gasteiger partial charge in [-0.3, -0.25) is 4.79 Å². The highest BCUT2D eigenvalue weighted by Gasteiger charge is 2.54. The fourth-order valence-electron chi connectivity index (χ4n) is 5.78. The second-order valence-corrected chi connectivity index (χ2v) is 9.71. The average molecular weight is 419 g/mol. The molecule has 0 aromatic heterocycles. The highest BCUT2D eigenvalue weighted by Crippen LogP contribution is 2.54. The smallest absolute Gasteiger partial charge is 0.166 e. The zero-order chi connectivity index (χ0) is 20.0. The maximum Gasteiger partial charge on any atom is 0.166 e. The number of Topliss-reactive ketones (excluding diaryl/α,β-unsaturated/α-hetero) is 1. The fraction of sp³-hybridized carbons (Fsp3) is 0.696. The maximum atomic E-state index is 13.0. The van der Waals surface area contributed by atoms with E-state index in [1.807, 2.05) is 0 Å². The minimum Gasteiger partial charge on any atom is -0.492 e. The van der Waals surface area contributed by atoms with Crippen molar-refractivity contribution in [2.75, 3.05) is 45.2 Å². The topological polar surface area (TPSA) is 64.8 Å². The number of anilines is 1. The van der Waals surface area contributed by atoms with Gasteiger partial charge in [0.25, 0.3) is 0 Å². The molecule has 4 aliphatic rings. The molecule has 2 saturated heterocycles. The Morgan fingerprint density at radius 3 is 2.72 bits per heavy atom. The van der Waals surface area contributed by atoms with Gasteiger partial charge in [0.2, 0.25) is 0 Å². The molecule has 2 N–H and O–H groups in total.